The van der Waals surface area contributed by atoms with Crippen LogP contribution in [0.15, 0.2) is 66.7 Å². The molecule has 0 spiro atoms. The van der Waals surface area contributed by atoms with E-state index < -0.39 is 5.41 Å². The molecule has 0 aliphatic carbocycles. The Morgan fingerprint density at radius 1 is 0.862 bits per heavy atom. The van der Waals surface area contributed by atoms with E-state index >= 15 is 0 Å². The summed E-state index contributed by atoms with van der Waals surface area (Å²) in [7, 11) is 0. The van der Waals surface area contributed by atoms with Gasteiger partial charge in [0.1, 0.15) is 5.82 Å². The lowest BCUT2D eigenvalue weighted by Crippen LogP contribution is -2.42. The number of benzene rings is 3. The van der Waals surface area contributed by atoms with Gasteiger partial charge in [-0.15, -0.1) is 0 Å². The molecule has 0 atom stereocenters. The molecular weight excluding hydrogens is 367 g/mol. The van der Waals surface area contributed by atoms with E-state index in [2.05, 4.69) is 10.6 Å². The predicted octanol–water partition coefficient (Wildman–Crippen LogP) is 3.73. The van der Waals surface area contributed by atoms with Gasteiger partial charge in [-0.05, 0) is 28.0 Å². The van der Waals surface area contributed by atoms with E-state index in [0.29, 0.717) is 5.56 Å². The highest BCUT2D eigenvalue weighted by molar-refractivity contribution is 5.91. The molecular formula is C24H25FN2O2. The van der Waals surface area contributed by atoms with Crippen molar-refractivity contribution in [2.45, 2.75) is 25.7 Å². The molecule has 29 heavy (non-hydrogen) atoms. The van der Waals surface area contributed by atoms with Gasteiger partial charge in [0, 0.05) is 12.0 Å². The van der Waals surface area contributed by atoms with Crippen LogP contribution in [0.25, 0.3) is 10.8 Å². The second kappa shape index (κ2) is 8.86. The van der Waals surface area contributed by atoms with E-state index in [1.54, 1.807) is 18.2 Å². The second-order valence-corrected chi connectivity index (χ2v) is 7.73. The normalized spacial score (nSPS) is 11.3. The molecule has 3 aromatic rings. The van der Waals surface area contributed by atoms with Crippen LogP contribution in [-0.2, 0) is 21.4 Å². The minimum absolute atomic E-state index is 0.114. The molecule has 0 fully saturated rings. The first-order valence-corrected chi connectivity index (χ1v) is 9.62. The van der Waals surface area contributed by atoms with Crippen molar-refractivity contribution in [1.82, 2.24) is 10.6 Å². The van der Waals surface area contributed by atoms with Crippen LogP contribution in [0.4, 0.5) is 4.39 Å². The standard InChI is InChI=1S/C24H25FN2O2/c1-24(2,20-12-5-6-13-21(20)25)16-27-23(29)15-26-22(28)14-18-10-7-9-17-8-3-4-11-19(17)18/h3-13H,14-16H2,1-2H3,(H,26,28)(H,27,29). The van der Waals surface area contributed by atoms with Crippen molar-refractivity contribution in [1.29, 1.82) is 0 Å². The Balaban J connectivity index is 1.51. The summed E-state index contributed by atoms with van der Waals surface area (Å²) in [6.07, 6.45) is 0.204. The van der Waals surface area contributed by atoms with Crippen molar-refractivity contribution < 1.29 is 14.0 Å². The summed E-state index contributed by atoms with van der Waals surface area (Å²) in [4.78, 5) is 24.4. The number of amides is 2. The summed E-state index contributed by atoms with van der Waals surface area (Å²) in [6.45, 7) is 3.89. The summed E-state index contributed by atoms with van der Waals surface area (Å²) in [5, 5.41) is 7.54. The monoisotopic (exact) mass is 392 g/mol. The topological polar surface area (TPSA) is 58.2 Å². The highest BCUT2D eigenvalue weighted by Crippen LogP contribution is 2.24. The Kier molecular flexibility index (Phi) is 6.27. The number of hydrogen-bond donors (Lipinski definition) is 2. The van der Waals surface area contributed by atoms with Crippen LogP contribution in [0.5, 0.6) is 0 Å². The van der Waals surface area contributed by atoms with Gasteiger partial charge in [-0.1, -0.05) is 74.5 Å². The molecule has 0 aliphatic heterocycles. The number of carbonyl (C=O) groups is 2. The van der Waals surface area contributed by atoms with Crippen molar-refractivity contribution >= 4 is 22.6 Å². The number of fused-ring (bicyclic) bond motifs is 1. The molecule has 0 radical (unpaired) electrons. The van der Waals surface area contributed by atoms with Crippen molar-refractivity contribution in [3.8, 4) is 0 Å². The van der Waals surface area contributed by atoms with Gasteiger partial charge in [0.05, 0.1) is 13.0 Å². The SMILES string of the molecule is CC(C)(CNC(=O)CNC(=O)Cc1cccc2ccccc12)c1ccccc1F. The van der Waals surface area contributed by atoms with Gasteiger partial charge in [0.2, 0.25) is 11.8 Å². The van der Waals surface area contributed by atoms with Crippen LogP contribution >= 0.6 is 0 Å². The number of halogens is 1. The van der Waals surface area contributed by atoms with Crippen LogP contribution < -0.4 is 10.6 Å². The first kappa shape index (κ1) is 20.5. The third-order valence-corrected chi connectivity index (χ3v) is 5.01. The molecule has 0 aliphatic rings. The van der Waals surface area contributed by atoms with Gasteiger partial charge in [-0.3, -0.25) is 9.59 Å². The third kappa shape index (κ3) is 5.19. The molecule has 150 valence electrons. The third-order valence-electron chi connectivity index (χ3n) is 5.01. The molecule has 0 saturated carbocycles. The Labute approximate surface area is 170 Å². The molecule has 4 nitrogen and oxygen atoms in total. The lowest BCUT2D eigenvalue weighted by atomic mass is 9.84. The molecule has 3 rings (SSSR count). The Morgan fingerprint density at radius 2 is 1.55 bits per heavy atom. The lowest BCUT2D eigenvalue weighted by Gasteiger charge is -2.26. The molecule has 0 bridgehead atoms. The maximum atomic E-state index is 14.0. The molecule has 0 saturated heterocycles. The van der Waals surface area contributed by atoms with E-state index in [4.69, 9.17) is 0 Å². The first-order chi connectivity index (χ1) is 13.9. The van der Waals surface area contributed by atoms with E-state index in [1.165, 1.54) is 6.07 Å². The number of carbonyl (C=O) groups excluding carboxylic acids is 2. The smallest absolute Gasteiger partial charge is 0.239 e. The summed E-state index contributed by atoms with van der Waals surface area (Å²) < 4.78 is 14.0. The fourth-order valence-corrected chi connectivity index (χ4v) is 3.35. The number of nitrogens with one attached hydrogen (secondary N) is 2. The van der Waals surface area contributed by atoms with E-state index in [9.17, 15) is 14.0 Å². The summed E-state index contributed by atoms with van der Waals surface area (Å²) in [5.74, 6) is -0.819. The lowest BCUT2D eigenvalue weighted by molar-refractivity contribution is -0.125. The Hall–Kier alpha value is -3.21. The zero-order valence-electron chi connectivity index (χ0n) is 16.7. The quantitative estimate of drug-likeness (QED) is 0.644. The summed E-state index contributed by atoms with van der Waals surface area (Å²) in [5.41, 5.74) is 0.899. The van der Waals surface area contributed by atoms with Gasteiger partial charge in [-0.25, -0.2) is 4.39 Å². The zero-order chi connectivity index (χ0) is 20.9. The van der Waals surface area contributed by atoms with Crippen LogP contribution in [-0.4, -0.2) is 24.9 Å². The van der Waals surface area contributed by atoms with Gasteiger partial charge < -0.3 is 10.6 Å². The molecule has 5 heteroatoms. The largest absolute Gasteiger partial charge is 0.354 e. The Bertz CT molecular complexity index is 1020. The van der Waals surface area contributed by atoms with Crippen LogP contribution in [0, 0.1) is 5.82 Å². The first-order valence-electron chi connectivity index (χ1n) is 9.62. The summed E-state index contributed by atoms with van der Waals surface area (Å²) in [6, 6.07) is 20.3. The minimum atomic E-state index is -0.562. The van der Waals surface area contributed by atoms with Gasteiger partial charge in [-0.2, -0.15) is 0 Å². The van der Waals surface area contributed by atoms with Crippen LogP contribution in [0.2, 0.25) is 0 Å². The minimum Gasteiger partial charge on any atom is -0.354 e. The molecule has 0 unspecified atom stereocenters. The van der Waals surface area contributed by atoms with Crippen LogP contribution in [0.3, 0.4) is 0 Å². The fraction of sp³-hybridized carbons (Fsp3) is 0.250. The van der Waals surface area contributed by atoms with Crippen LogP contribution in [0.1, 0.15) is 25.0 Å². The molecule has 0 aromatic heterocycles. The van der Waals surface area contributed by atoms with Gasteiger partial charge in [0.25, 0.3) is 0 Å². The van der Waals surface area contributed by atoms with Crippen molar-refractivity contribution in [3.63, 3.8) is 0 Å². The molecule has 2 N–H and O–H groups in total. The maximum absolute atomic E-state index is 14.0. The zero-order valence-corrected chi connectivity index (χ0v) is 16.7. The van der Waals surface area contributed by atoms with E-state index in [1.807, 2.05) is 56.3 Å². The second-order valence-electron chi connectivity index (χ2n) is 7.73. The highest BCUT2D eigenvalue weighted by Gasteiger charge is 2.24. The highest BCUT2D eigenvalue weighted by atomic mass is 19.1. The van der Waals surface area contributed by atoms with Crippen molar-refractivity contribution in [3.05, 3.63) is 83.7 Å². The van der Waals surface area contributed by atoms with Gasteiger partial charge >= 0.3 is 0 Å². The predicted molar refractivity (Wildman–Crippen MR) is 113 cm³/mol. The number of hydrogen-bond acceptors (Lipinski definition) is 2. The maximum Gasteiger partial charge on any atom is 0.239 e. The molecule has 0 heterocycles. The van der Waals surface area contributed by atoms with Crippen molar-refractivity contribution in [2.75, 3.05) is 13.1 Å². The van der Waals surface area contributed by atoms with E-state index in [-0.39, 0.29) is 37.1 Å². The Morgan fingerprint density at radius 3 is 2.34 bits per heavy atom. The summed E-state index contributed by atoms with van der Waals surface area (Å²) >= 11 is 0. The fourth-order valence-electron chi connectivity index (χ4n) is 3.35. The van der Waals surface area contributed by atoms with E-state index in [0.717, 1.165) is 16.3 Å². The van der Waals surface area contributed by atoms with Gasteiger partial charge in [0.15, 0.2) is 0 Å². The molecule has 2 amide bonds. The molecule has 3 aromatic carbocycles. The average Bonchev–Trinajstić information content (AvgIpc) is 2.71. The average molecular weight is 392 g/mol. The number of rotatable bonds is 7. The van der Waals surface area contributed by atoms with Crippen molar-refractivity contribution in [2.24, 2.45) is 0 Å².